The molecule has 4 aromatic carbocycles. The molecule has 0 amide bonds. The van der Waals surface area contributed by atoms with Gasteiger partial charge in [-0.25, -0.2) is 5.10 Å². The van der Waals surface area contributed by atoms with Gasteiger partial charge in [0.05, 0.1) is 5.39 Å². The van der Waals surface area contributed by atoms with Crippen LogP contribution in [-0.4, -0.2) is 16.7 Å². The van der Waals surface area contributed by atoms with Crippen molar-refractivity contribution in [2.45, 2.75) is 32.1 Å². The van der Waals surface area contributed by atoms with E-state index in [0.717, 1.165) is 37.0 Å². The highest BCUT2D eigenvalue weighted by Crippen LogP contribution is 2.29. The molecule has 5 aromatic rings. The smallest absolute Gasteiger partial charge is 0.272 e. The van der Waals surface area contributed by atoms with Crippen molar-refractivity contribution < 1.29 is 0 Å². The van der Waals surface area contributed by atoms with Gasteiger partial charge in [-0.2, -0.15) is 5.10 Å². The van der Waals surface area contributed by atoms with Crippen molar-refractivity contribution in [1.82, 2.24) is 10.2 Å². The number of benzene rings is 4. The molecule has 0 fully saturated rings. The van der Waals surface area contributed by atoms with Gasteiger partial charge in [-0.3, -0.25) is 4.79 Å². The molecular formula is C28H27N3O. The SMILES string of the molecule is O=c1[nH]nc(NCCCCCCc2c3ccccc3cc3ccccc23)c2ccccc12. The largest absolute Gasteiger partial charge is 0.368 e. The van der Waals surface area contributed by atoms with Crippen molar-refractivity contribution in [3.63, 3.8) is 0 Å². The van der Waals surface area contributed by atoms with Crippen LogP contribution in [0.25, 0.3) is 32.3 Å². The average Bonchev–Trinajstić information content (AvgIpc) is 2.84. The maximum absolute atomic E-state index is 11.9. The third-order valence-electron chi connectivity index (χ3n) is 6.22. The predicted octanol–water partition coefficient (Wildman–Crippen LogP) is 6.44. The summed E-state index contributed by atoms with van der Waals surface area (Å²) in [4.78, 5) is 11.9. The summed E-state index contributed by atoms with van der Waals surface area (Å²) >= 11 is 0. The fourth-order valence-electron chi connectivity index (χ4n) is 4.61. The predicted molar refractivity (Wildman–Crippen MR) is 134 cm³/mol. The monoisotopic (exact) mass is 421 g/mol. The molecule has 2 N–H and O–H groups in total. The molecule has 0 aliphatic heterocycles. The molecule has 32 heavy (non-hydrogen) atoms. The number of aryl methyl sites for hydroxylation is 1. The van der Waals surface area contributed by atoms with Gasteiger partial charge in [-0.05, 0) is 58.5 Å². The lowest BCUT2D eigenvalue weighted by Crippen LogP contribution is -2.12. The van der Waals surface area contributed by atoms with E-state index in [0.29, 0.717) is 5.39 Å². The molecule has 0 atom stereocenters. The van der Waals surface area contributed by atoms with Crippen LogP contribution in [0.1, 0.15) is 31.2 Å². The van der Waals surface area contributed by atoms with Gasteiger partial charge in [0, 0.05) is 11.9 Å². The van der Waals surface area contributed by atoms with Gasteiger partial charge >= 0.3 is 0 Å². The van der Waals surface area contributed by atoms with Crippen LogP contribution in [0, 0.1) is 0 Å². The molecule has 0 spiro atoms. The Balaban J connectivity index is 1.18. The number of aromatic nitrogens is 2. The Hall–Kier alpha value is -3.66. The number of fused-ring (bicyclic) bond motifs is 3. The van der Waals surface area contributed by atoms with E-state index in [9.17, 15) is 4.79 Å². The standard InChI is InChI=1S/C28H27N3O/c32-28-26-17-9-8-16-25(26)27(30-31-28)29-18-10-2-1-3-15-24-22-13-6-4-11-20(22)19-21-12-5-7-14-23(21)24/h4-9,11-14,16-17,19H,1-3,10,15,18H2,(H,29,30)(H,31,32). The van der Waals surface area contributed by atoms with E-state index in [1.807, 2.05) is 24.3 Å². The van der Waals surface area contributed by atoms with Crippen molar-refractivity contribution in [2.75, 3.05) is 11.9 Å². The van der Waals surface area contributed by atoms with E-state index in [4.69, 9.17) is 0 Å². The Morgan fingerprint density at radius 2 is 1.28 bits per heavy atom. The molecule has 1 heterocycles. The van der Waals surface area contributed by atoms with Crippen molar-refractivity contribution in [2.24, 2.45) is 0 Å². The Morgan fingerprint density at radius 1 is 0.688 bits per heavy atom. The van der Waals surface area contributed by atoms with E-state index in [1.165, 1.54) is 39.9 Å². The first-order valence-electron chi connectivity index (χ1n) is 11.4. The zero-order chi connectivity index (χ0) is 21.8. The summed E-state index contributed by atoms with van der Waals surface area (Å²) in [5.74, 6) is 0.752. The lowest BCUT2D eigenvalue weighted by molar-refractivity contribution is 0.656. The van der Waals surface area contributed by atoms with Gasteiger partial charge < -0.3 is 5.32 Å². The molecule has 0 aliphatic carbocycles. The first-order valence-corrected chi connectivity index (χ1v) is 11.4. The molecule has 0 aliphatic rings. The Labute approximate surface area is 187 Å². The second kappa shape index (κ2) is 9.23. The maximum Gasteiger partial charge on any atom is 0.272 e. The van der Waals surface area contributed by atoms with E-state index < -0.39 is 0 Å². The van der Waals surface area contributed by atoms with Gasteiger partial charge in [-0.1, -0.05) is 79.6 Å². The first-order chi connectivity index (χ1) is 15.8. The summed E-state index contributed by atoms with van der Waals surface area (Å²) < 4.78 is 0. The second-order valence-electron chi connectivity index (χ2n) is 8.34. The van der Waals surface area contributed by atoms with Crippen molar-refractivity contribution >= 4 is 38.1 Å². The molecule has 4 heteroatoms. The van der Waals surface area contributed by atoms with Crippen molar-refractivity contribution in [3.8, 4) is 0 Å². The highest BCUT2D eigenvalue weighted by molar-refractivity contribution is 6.02. The molecule has 5 rings (SSSR count). The van der Waals surface area contributed by atoms with Crippen molar-refractivity contribution in [3.05, 3.63) is 94.8 Å². The quantitative estimate of drug-likeness (QED) is 0.224. The lowest BCUT2D eigenvalue weighted by atomic mass is 9.93. The summed E-state index contributed by atoms with van der Waals surface area (Å²) in [6.45, 7) is 0.847. The van der Waals surface area contributed by atoms with Crippen LogP contribution < -0.4 is 10.9 Å². The molecule has 0 unspecified atom stereocenters. The normalized spacial score (nSPS) is 11.4. The van der Waals surface area contributed by atoms with Crippen LogP contribution in [0.5, 0.6) is 0 Å². The van der Waals surface area contributed by atoms with Crippen LogP contribution in [0.3, 0.4) is 0 Å². The van der Waals surface area contributed by atoms with Gasteiger partial charge in [0.25, 0.3) is 5.56 Å². The number of aromatic amines is 1. The molecule has 160 valence electrons. The number of hydrogen-bond acceptors (Lipinski definition) is 3. The van der Waals surface area contributed by atoms with Crippen LogP contribution >= 0.6 is 0 Å². The zero-order valence-electron chi connectivity index (χ0n) is 18.1. The minimum atomic E-state index is -0.146. The average molecular weight is 422 g/mol. The molecular weight excluding hydrogens is 394 g/mol. The Bertz CT molecular complexity index is 1380. The van der Waals surface area contributed by atoms with E-state index >= 15 is 0 Å². The van der Waals surface area contributed by atoms with Gasteiger partial charge in [0.15, 0.2) is 5.82 Å². The second-order valence-corrected chi connectivity index (χ2v) is 8.34. The molecule has 0 bridgehead atoms. The lowest BCUT2D eigenvalue weighted by Gasteiger charge is -2.12. The van der Waals surface area contributed by atoms with E-state index in [1.54, 1.807) is 0 Å². The molecule has 0 saturated heterocycles. The van der Waals surface area contributed by atoms with E-state index in [-0.39, 0.29) is 5.56 Å². The molecule has 0 saturated carbocycles. The third-order valence-corrected chi connectivity index (χ3v) is 6.22. The van der Waals surface area contributed by atoms with Crippen LogP contribution in [-0.2, 0) is 6.42 Å². The van der Waals surface area contributed by atoms with E-state index in [2.05, 4.69) is 70.1 Å². The van der Waals surface area contributed by atoms with Crippen LogP contribution in [0.4, 0.5) is 5.82 Å². The minimum Gasteiger partial charge on any atom is -0.368 e. The number of anilines is 1. The number of unbranched alkanes of at least 4 members (excludes halogenated alkanes) is 3. The summed E-state index contributed by atoms with van der Waals surface area (Å²) in [6.07, 6.45) is 5.71. The fourth-order valence-corrected chi connectivity index (χ4v) is 4.61. The van der Waals surface area contributed by atoms with Gasteiger partial charge in [0.2, 0.25) is 0 Å². The highest BCUT2D eigenvalue weighted by Gasteiger charge is 2.08. The number of rotatable bonds is 8. The van der Waals surface area contributed by atoms with Crippen molar-refractivity contribution in [1.29, 1.82) is 0 Å². The van der Waals surface area contributed by atoms with Crippen LogP contribution in [0.15, 0.2) is 83.7 Å². The Morgan fingerprint density at radius 3 is 2.00 bits per heavy atom. The number of nitrogens with zero attached hydrogens (tertiary/aromatic N) is 1. The van der Waals surface area contributed by atoms with Gasteiger partial charge in [0.1, 0.15) is 0 Å². The number of H-pyrrole nitrogens is 1. The number of nitrogens with one attached hydrogen (secondary N) is 2. The number of hydrogen-bond donors (Lipinski definition) is 2. The third kappa shape index (κ3) is 4.09. The maximum atomic E-state index is 11.9. The summed E-state index contributed by atoms with van der Waals surface area (Å²) in [6, 6.07) is 27.3. The summed E-state index contributed by atoms with van der Waals surface area (Å²) in [7, 11) is 0. The molecule has 0 radical (unpaired) electrons. The Kier molecular flexibility index (Phi) is 5.84. The molecule has 4 nitrogen and oxygen atoms in total. The summed E-state index contributed by atoms with van der Waals surface area (Å²) in [5.41, 5.74) is 1.33. The fraction of sp³-hybridized carbons (Fsp3) is 0.214. The first kappa shape index (κ1) is 20.3. The highest BCUT2D eigenvalue weighted by atomic mass is 16.1. The van der Waals surface area contributed by atoms with Crippen LogP contribution in [0.2, 0.25) is 0 Å². The zero-order valence-corrected chi connectivity index (χ0v) is 18.1. The van der Waals surface area contributed by atoms with Gasteiger partial charge in [-0.15, -0.1) is 0 Å². The molecule has 1 aromatic heterocycles. The minimum absolute atomic E-state index is 0.146. The topological polar surface area (TPSA) is 57.8 Å². The summed E-state index contributed by atoms with van der Waals surface area (Å²) in [5, 5.41) is 17.1.